The maximum atomic E-state index is 14.1. The number of alkyl halides is 2. The van der Waals surface area contributed by atoms with E-state index in [1.54, 1.807) is 30.3 Å². The Morgan fingerprint density at radius 1 is 1.17 bits per heavy atom. The fourth-order valence-corrected chi connectivity index (χ4v) is 5.08. The molecular formula is C24H20ClF3N6O2. The third-order valence-corrected chi connectivity index (χ3v) is 6.78. The lowest BCUT2D eigenvalue weighted by Gasteiger charge is -2.38. The van der Waals surface area contributed by atoms with Gasteiger partial charge in [0.25, 0.3) is 5.92 Å². The van der Waals surface area contributed by atoms with Crippen LogP contribution in [-0.2, 0) is 10.7 Å². The van der Waals surface area contributed by atoms with Crippen LogP contribution in [0.1, 0.15) is 36.9 Å². The fourth-order valence-electron chi connectivity index (χ4n) is 4.82. The van der Waals surface area contributed by atoms with E-state index in [0.717, 1.165) is 11.1 Å². The van der Waals surface area contributed by atoms with Crippen LogP contribution in [0.25, 0.3) is 22.2 Å². The molecule has 1 N–H and O–H groups in total. The number of benzene rings is 1. The first-order chi connectivity index (χ1) is 17.2. The number of rotatable bonds is 2. The van der Waals surface area contributed by atoms with Crippen LogP contribution in [0.2, 0.25) is 5.02 Å². The zero-order chi connectivity index (χ0) is 25.6. The van der Waals surface area contributed by atoms with Crippen molar-refractivity contribution in [1.29, 1.82) is 0 Å². The van der Waals surface area contributed by atoms with Gasteiger partial charge < -0.3 is 5.32 Å². The summed E-state index contributed by atoms with van der Waals surface area (Å²) in [4.78, 5) is 20.1. The van der Waals surface area contributed by atoms with Gasteiger partial charge in [0.1, 0.15) is 16.9 Å². The monoisotopic (exact) mass is 516 g/mol. The molecule has 2 aliphatic heterocycles. The number of fused-ring (bicyclic) bond motifs is 5. The summed E-state index contributed by atoms with van der Waals surface area (Å²) >= 11 is 6.22. The number of aromatic nitrogens is 4. The predicted molar refractivity (Wildman–Crippen MR) is 126 cm³/mol. The van der Waals surface area contributed by atoms with Gasteiger partial charge in [0, 0.05) is 37.0 Å². The summed E-state index contributed by atoms with van der Waals surface area (Å²) in [5.41, 5.74) is 2.82. The Hall–Kier alpha value is -3.57. The lowest BCUT2D eigenvalue weighted by Crippen LogP contribution is -2.46. The molecule has 8 nitrogen and oxygen atoms in total. The summed E-state index contributed by atoms with van der Waals surface area (Å²) in [5.74, 6) is -3.94. The Kier molecular flexibility index (Phi) is 6.13. The van der Waals surface area contributed by atoms with E-state index in [4.69, 9.17) is 11.6 Å². The van der Waals surface area contributed by atoms with Crippen molar-refractivity contribution in [3.8, 4) is 11.1 Å². The molecule has 1 amide bonds. The Morgan fingerprint density at radius 3 is 2.69 bits per heavy atom. The molecule has 5 heterocycles. The van der Waals surface area contributed by atoms with Crippen molar-refractivity contribution in [3.05, 3.63) is 64.8 Å². The van der Waals surface area contributed by atoms with Crippen LogP contribution in [0.4, 0.5) is 19.0 Å². The lowest BCUT2D eigenvalue weighted by atomic mass is 9.92. The van der Waals surface area contributed by atoms with Crippen LogP contribution in [0.5, 0.6) is 0 Å². The molecule has 0 spiro atoms. The average Bonchev–Trinajstić information content (AvgIpc) is 3.42. The van der Waals surface area contributed by atoms with Crippen molar-refractivity contribution in [3.63, 3.8) is 0 Å². The molecule has 0 saturated carbocycles. The highest BCUT2D eigenvalue weighted by Crippen LogP contribution is 2.53. The van der Waals surface area contributed by atoms with Crippen LogP contribution in [0.3, 0.4) is 0 Å². The fraction of sp³-hybridized carbons (Fsp3) is 0.292. The van der Waals surface area contributed by atoms with Crippen LogP contribution in [-0.4, -0.2) is 44.2 Å². The molecule has 4 aromatic rings. The largest absolute Gasteiger partial charge is 0.311 e. The second-order valence-electron chi connectivity index (χ2n) is 8.66. The molecule has 0 radical (unpaired) electrons. The van der Waals surface area contributed by atoms with Crippen molar-refractivity contribution in [2.24, 2.45) is 0 Å². The zero-order valence-electron chi connectivity index (χ0n) is 19.2. The molecule has 2 bridgehead atoms. The summed E-state index contributed by atoms with van der Waals surface area (Å²) < 4.78 is 46.3. The molecule has 1 fully saturated rings. The smallest absolute Gasteiger partial charge is 0.293 e. The quantitative estimate of drug-likeness (QED) is 0.358. The maximum absolute atomic E-state index is 14.1. The van der Waals surface area contributed by atoms with Crippen molar-refractivity contribution in [2.45, 2.75) is 37.8 Å². The van der Waals surface area contributed by atoms with E-state index in [2.05, 4.69) is 30.2 Å². The molecule has 36 heavy (non-hydrogen) atoms. The minimum atomic E-state index is -3.13. The third kappa shape index (κ3) is 4.18. The molecule has 1 aromatic carbocycles. The number of hydrogen-bond donors (Lipinski definition) is 1. The number of halogens is 4. The maximum Gasteiger partial charge on any atom is 0.293 e. The topological polar surface area (TPSA) is 97.0 Å². The number of nitrogens with zero attached hydrogens (tertiary/aromatic N) is 5. The van der Waals surface area contributed by atoms with Gasteiger partial charge in [-0.2, -0.15) is 13.2 Å². The van der Waals surface area contributed by atoms with Gasteiger partial charge in [-0.25, -0.2) is 14.6 Å². The minimum absolute atomic E-state index is 0.0860. The number of nitrogens with one attached hydrogen (secondary N) is 1. The van der Waals surface area contributed by atoms with Crippen LogP contribution < -0.4 is 5.32 Å². The molecule has 0 aliphatic carbocycles. The normalized spacial score (nSPS) is 19.9. The Labute approximate surface area is 208 Å². The molecular weight excluding hydrogens is 497 g/mol. The lowest BCUT2D eigenvalue weighted by molar-refractivity contribution is -0.114. The highest BCUT2D eigenvalue weighted by molar-refractivity contribution is 6.33. The number of carbonyl (C=O) groups excluding carboxylic acids is 1. The molecule has 12 heteroatoms. The molecule has 1 saturated heterocycles. The molecule has 6 rings (SSSR count). The van der Waals surface area contributed by atoms with E-state index in [0.29, 0.717) is 40.3 Å². The Morgan fingerprint density at radius 2 is 1.94 bits per heavy atom. The SMILES string of the molecule is CC(=O)Nc1cc(Cl)c(-c2ccc3nonc3c2)cn1.CN1[C@H]2CC[C@@H]1C(F)(F)c1c2ccnc1F. The number of likely N-dealkylation sites (N-methyl/N-ethyl adjacent to an activating group) is 1. The summed E-state index contributed by atoms with van der Waals surface area (Å²) in [6, 6.07) is 7.60. The van der Waals surface area contributed by atoms with Gasteiger partial charge in [-0.3, -0.25) is 9.69 Å². The van der Waals surface area contributed by atoms with E-state index in [-0.39, 0.29) is 11.9 Å². The molecule has 186 valence electrons. The van der Waals surface area contributed by atoms with Gasteiger partial charge in [0.15, 0.2) is 0 Å². The summed E-state index contributed by atoms with van der Waals surface area (Å²) in [6.07, 6.45) is 3.93. The number of anilines is 1. The summed E-state index contributed by atoms with van der Waals surface area (Å²) in [5, 5.41) is 10.6. The van der Waals surface area contributed by atoms with E-state index < -0.39 is 23.5 Å². The number of hydrogen-bond acceptors (Lipinski definition) is 7. The molecule has 2 atom stereocenters. The van der Waals surface area contributed by atoms with E-state index in [9.17, 15) is 18.0 Å². The number of amides is 1. The minimum Gasteiger partial charge on any atom is -0.311 e. The van der Waals surface area contributed by atoms with Gasteiger partial charge in [0.2, 0.25) is 11.9 Å². The Balaban J connectivity index is 0.000000152. The van der Waals surface area contributed by atoms with Gasteiger partial charge in [-0.05, 0) is 59.5 Å². The third-order valence-electron chi connectivity index (χ3n) is 6.47. The number of pyridine rings is 2. The van der Waals surface area contributed by atoms with E-state index in [1.165, 1.54) is 19.2 Å². The van der Waals surface area contributed by atoms with Gasteiger partial charge >= 0.3 is 0 Å². The number of carbonyl (C=O) groups is 1. The molecule has 2 aliphatic rings. The summed E-state index contributed by atoms with van der Waals surface area (Å²) in [6.45, 7) is 1.41. The van der Waals surface area contributed by atoms with Gasteiger partial charge in [-0.15, -0.1) is 0 Å². The Bertz CT molecular complexity index is 1460. The van der Waals surface area contributed by atoms with Gasteiger partial charge in [0.05, 0.1) is 16.6 Å². The first-order valence-corrected chi connectivity index (χ1v) is 11.4. The summed E-state index contributed by atoms with van der Waals surface area (Å²) in [7, 11) is 1.68. The van der Waals surface area contributed by atoms with Crippen molar-refractivity contribution >= 4 is 34.4 Å². The first kappa shape index (κ1) is 24.1. The van der Waals surface area contributed by atoms with E-state index >= 15 is 0 Å². The first-order valence-electron chi connectivity index (χ1n) is 11.1. The predicted octanol–water partition coefficient (Wildman–Crippen LogP) is 5.36. The van der Waals surface area contributed by atoms with Crippen molar-refractivity contribution in [2.75, 3.05) is 12.4 Å². The molecule has 3 aromatic heterocycles. The molecule has 0 unspecified atom stereocenters. The second-order valence-corrected chi connectivity index (χ2v) is 9.07. The van der Waals surface area contributed by atoms with E-state index in [1.807, 2.05) is 12.1 Å². The zero-order valence-corrected chi connectivity index (χ0v) is 19.9. The van der Waals surface area contributed by atoms with Crippen molar-refractivity contribution in [1.82, 2.24) is 25.2 Å². The van der Waals surface area contributed by atoms with Crippen LogP contribution in [0, 0.1) is 5.95 Å². The van der Waals surface area contributed by atoms with Crippen molar-refractivity contribution < 1.29 is 22.6 Å². The highest BCUT2D eigenvalue weighted by Gasteiger charge is 2.56. The second kappa shape index (κ2) is 9.14. The average molecular weight is 517 g/mol. The van der Waals surface area contributed by atoms with Crippen LogP contribution >= 0.6 is 11.6 Å². The highest BCUT2D eigenvalue weighted by atomic mass is 35.5. The van der Waals surface area contributed by atoms with Crippen LogP contribution in [0.15, 0.2) is 47.4 Å². The standard InChI is InChI=1S/C13H9ClN4O2.C11H11F3N2/c1-7(19)16-13-5-10(14)9(6-15-13)8-2-3-11-12(4-8)18-20-17-11;1-16-7-2-3-8(16)11(13,14)9-6(7)4-5-15-10(9)12/h2-6H,1H3,(H,15,16,19);4-5,7-8H,2-3H2,1H3/t;7-,8+/m.0/s1. The van der Waals surface area contributed by atoms with Gasteiger partial charge in [-0.1, -0.05) is 17.7 Å².